The molecule has 1 N–H and O–H groups in total. The molecule has 0 aliphatic rings. The third-order valence-corrected chi connectivity index (χ3v) is 3.10. The maximum atomic E-state index is 10.8. The zero-order valence-corrected chi connectivity index (χ0v) is 11.8. The van der Waals surface area contributed by atoms with Gasteiger partial charge in [0.2, 0.25) is 5.82 Å². The number of hydrogen-bond acceptors (Lipinski definition) is 5. The zero-order chi connectivity index (χ0) is 14.7. The van der Waals surface area contributed by atoms with Gasteiger partial charge in [0.15, 0.2) is 0 Å². The Bertz CT molecular complexity index is 603. The molecule has 0 saturated heterocycles. The number of nitrogens with zero attached hydrogens (tertiary/aromatic N) is 6. The van der Waals surface area contributed by atoms with Crippen LogP contribution >= 0.6 is 0 Å². The maximum Gasteiger partial charge on any atom is 0.305 e. The number of aryl methyl sites for hydroxylation is 2. The van der Waals surface area contributed by atoms with Crippen LogP contribution in [-0.2, 0) is 17.8 Å². The largest absolute Gasteiger partial charge is 0.481 e. The predicted octanol–water partition coefficient (Wildman–Crippen LogP) is 1.15. The Morgan fingerprint density at radius 2 is 2.20 bits per heavy atom. The van der Waals surface area contributed by atoms with Crippen molar-refractivity contribution in [2.24, 2.45) is 0 Å². The van der Waals surface area contributed by atoms with Crippen LogP contribution in [0.25, 0.3) is 11.5 Å². The molecule has 0 bridgehead atoms. The number of aliphatic carboxylic acids is 1. The summed E-state index contributed by atoms with van der Waals surface area (Å²) in [5.74, 6) is -0.329. The Labute approximate surface area is 116 Å². The first kappa shape index (κ1) is 14.2. The summed E-state index contributed by atoms with van der Waals surface area (Å²) in [6, 6.07) is 1.63. The normalized spacial score (nSPS) is 12.6. The van der Waals surface area contributed by atoms with Crippen molar-refractivity contribution >= 4 is 5.97 Å². The second-order valence-electron chi connectivity index (χ2n) is 4.58. The number of aromatic nitrogens is 6. The standard InChI is InChI=1S/C12H18N6O2/c1-4-9-7-10(17(5-2)14-9)12-13-15-16-18(12)8(3)6-11(19)20/h7-8H,4-6H2,1-3H3,(H,19,20). The van der Waals surface area contributed by atoms with Gasteiger partial charge in [-0.25, -0.2) is 4.68 Å². The summed E-state index contributed by atoms with van der Waals surface area (Å²) in [5, 5.41) is 24.9. The van der Waals surface area contributed by atoms with Gasteiger partial charge in [-0.2, -0.15) is 5.10 Å². The molecule has 0 aliphatic heterocycles. The van der Waals surface area contributed by atoms with Gasteiger partial charge < -0.3 is 5.11 Å². The van der Waals surface area contributed by atoms with Gasteiger partial charge in [-0.15, -0.1) is 5.10 Å². The lowest BCUT2D eigenvalue weighted by Gasteiger charge is -2.11. The van der Waals surface area contributed by atoms with Gasteiger partial charge >= 0.3 is 5.97 Å². The topological polar surface area (TPSA) is 98.7 Å². The molecule has 0 aromatic carbocycles. The van der Waals surface area contributed by atoms with Crippen LogP contribution in [0.5, 0.6) is 0 Å². The molecule has 2 aromatic heterocycles. The van der Waals surface area contributed by atoms with Gasteiger partial charge in [0.25, 0.3) is 0 Å². The molecule has 0 fully saturated rings. The highest BCUT2D eigenvalue weighted by atomic mass is 16.4. The highest BCUT2D eigenvalue weighted by Crippen LogP contribution is 2.22. The Balaban J connectivity index is 2.41. The number of tetrazole rings is 1. The minimum Gasteiger partial charge on any atom is -0.481 e. The second-order valence-corrected chi connectivity index (χ2v) is 4.58. The van der Waals surface area contributed by atoms with Gasteiger partial charge in [0.05, 0.1) is 18.2 Å². The minimum atomic E-state index is -0.878. The highest BCUT2D eigenvalue weighted by molar-refractivity contribution is 5.67. The van der Waals surface area contributed by atoms with Crippen molar-refractivity contribution in [1.29, 1.82) is 0 Å². The molecular formula is C12H18N6O2. The summed E-state index contributed by atoms with van der Waals surface area (Å²) in [6.45, 7) is 6.50. The van der Waals surface area contributed by atoms with E-state index in [2.05, 4.69) is 20.6 Å². The van der Waals surface area contributed by atoms with Gasteiger partial charge in [0, 0.05) is 6.54 Å². The second kappa shape index (κ2) is 5.81. The van der Waals surface area contributed by atoms with Crippen LogP contribution in [-0.4, -0.2) is 41.1 Å². The summed E-state index contributed by atoms with van der Waals surface area (Å²) in [4.78, 5) is 10.8. The van der Waals surface area contributed by atoms with Crippen molar-refractivity contribution in [1.82, 2.24) is 30.0 Å². The Morgan fingerprint density at radius 3 is 2.80 bits per heavy atom. The minimum absolute atomic E-state index is 0.0288. The highest BCUT2D eigenvalue weighted by Gasteiger charge is 2.20. The molecule has 2 heterocycles. The molecular weight excluding hydrogens is 260 g/mol. The summed E-state index contributed by atoms with van der Waals surface area (Å²) in [7, 11) is 0. The number of hydrogen-bond donors (Lipinski definition) is 1. The van der Waals surface area contributed by atoms with Crippen molar-refractivity contribution < 1.29 is 9.90 Å². The fourth-order valence-electron chi connectivity index (χ4n) is 2.06. The lowest BCUT2D eigenvalue weighted by Crippen LogP contribution is -2.14. The fraction of sp³-hybridized carbons (Fsp3) is 0.583. The van der Waals surface area contributed by atoms with E-state index in [1.165, 1.54) is 4.68 Å². The number of carboxylic acid groups (broad SMARTS) is 1. The van der Waals surface area contributed by atoms with Gasteiger partial charge in [-0.3, -0.25) is 9.48 Å². The molecule has 2 rings (SSSR count). The van der Waals surface area contributed by atoms with E-state index in [0.717, 1.165) is 17.8 Å². The van der Waals surface area contributed by atoms with Gasteiger partial charge in [-0.05, 0) is 36.8 Å². The van der Waals surface area contributed by atoms with Crippen LogP contribution in [0.2, 0.25) is 0 Å². The van der Waals surface area contributed by atoms with E-state index in [4.69, 9.17) is 5.11 Å². The molecule has 8 nitrogen and oxygen atoms in total. The molecule has 2 aromatic rings. The molecule has 1 unspecified atom stereocenters. The summed E-state index contributed by atoms with van der Waals surface area (Å²) in [5.41, 5.74) is 1.77. The van der Waals surface area contributed by atoms with Crippen LogP contribution in [0, 0.1) is 0 Å². The van der Waals surface area contributed by atoms with Crippen LogP contribution < -0.4 is 0 Å². The van der Waals surface area contributed by atoms with E-state index < -0.39 is 5.97 Å². The van der Waals surface area contributed by atoms with E-state index in [-0.39, 0.29) is 12.5 Å². The van der Waals surface area contributed by atoms with Crippen molar-refractivity contribution in [3.63, 3.8) is 0 Å². The number of rotatable bonds is 6. The van der Waals surface area contributed by atoms with E-state index in [0.29, 0.717) is 12.4 Å². The molecule has 0 amide bonds. The lowest BCUT2D eigenvalue weighted by atomic mass is 10.2. The monoisotopic (exact) mass is 278 g/mol. The molecule has 0 aliphatic carbocycles. The quantitative estimate of drug-likeness (QED) is 0.851. The zero-order valence-electron chi connectivity index (χ0n) is 11.8. The third kappa shape index (κ3) is 2.68. The van der Waals surface area contributed by atoms with E-state index in [1.54, 1.807) is 6.92 Å². The Morgan fingerprint density at radius 1 is 1.45 bits per heavy atom. The van der Waals surface area contributed by atoms with Gasteiger partial charge in [-0.1, -0.05) is 6.92 Å². The number of carbonyl (C=O) groups is 1. The first-order valence-electron chi connectivity index (χ1n) is 6.63. The molecule has 0 spiro atoms. The first-order chi connectivity index (χ1) is 9.56. The van der Waals surface area contributed by atoms with Crippen LogP contribution in [0.4, 0.5) is 0 Å². The van der Waals surface area contributed by atoms with Crippen LogP contribution in [0.1, 0.15) is 38.9 Å². The maximum absolute atomic E-state index is 10.8. The third-order valence-electron chi connectivity index (χ3n) is 3.10. The van der Waals surface area contributed by atoms with Crippen LogP contribution in [0.15, 0.2) is 6.07 Å². The van der Waals surface area contributed by atoms with Crippen molar-refractivity contribution in [3.05, 3.63) is 11.8 Å². The van der Waals surface area contributed by atoms with Crippen molar-refractivity contribution in [2.75, 3.05) is 0 Å². The lowest BCUT2D eigenvalue weighted by molar-refractivity contribution is -0.137. The summed E-state index contributed by atoms with van der Waals surface area (Å²) in [6.07, 6.45) is 0.797. The SMILES string of the molecule is CCc1cc(-c2nnnn2C(C)CC(=O)O)n(CC)n1. The van der Waals surface area contributed by atoms with E-state index >= 15 is 0 Å². The number of carboxylic acids is 1. The Kier molecular flexibility index (Phi) is 4.11. The molecule has 108 valence electrons. The van der Waals surface area contributed by atoms with E-state index in [1.807, 2.05) is 24.6 Å². The Hall–Kier alpha value is -2.25. The average molecular weight is 278 g/mol. The van der Waals surface area contributed by atoms with Crippen molar-refractivity contribution in [2.45, 2.75) is 46.2 Å². The molecule has 0 saturated carbocycles. The first-order valence-corrected chi connectivity index (χ1v) is 6.63. The molecule has 1 atom stereocenters. The molecule has 0 radical (unpaired) electrons. The summed E-state index contributed by atoms with van der Waals surface area (Å²) < 4.78 is 3.37. The van der Waals surface area contributed by atoms with Gasteiger partial charge in [0.1, 0.15) is 5.69 Å². The smallest absolute Gasteiger partial charge is 0.305 e. The molecule has 8 heteroatoms. The molecule has 20 heavy (non-hydrogen) atoms. The predicted molar refractivity (Wildman–Crippen MR) is 71.1 cm³/mol. The average Bonchev–Trinajstić information content (AvgIpc) is 3.03. The van der Waals surface area contributed by atoms with Crippen LogP contribution in [0.3, 0.4) is 0 Å². The van der Waals surface area contributed by atoms with Crippen molar-refractivity contribution in [3.8, 4) is 11.5 Å². The summed E-state index contributed by atoms with van der Waals surface area (Å²) >= 11 is 0. The fourth-order valence-corrected chi connectivity index (χ4v) is 2.06. The van der Waals surface area contributed by atoms with E-state index in [9.17, 15) is 4.79 Å².